The summed E-state index contributed by atoms with van der Waals surface area (Å²) < 4.78 is 18.7. The minimum Gasteiger partial charge on any atom is -0.507 e. The number of ether oxygens (including phenoxy) is 1. The zero-order valence-electron chi connectivity index (χ0n) is 15.8. The molecule has 2 unspecified atom stereocenters. The minimum atomic E-state index is -0.278. The first-order chi connectivity index (χ1) is 14.0. The molecule has 0 fully saturated rings. The Morgan fingerprint density at radius 3 is 2.45 bits per heavy atom. The van der Waals surface area contributed by atoms with Crippen LogP contribution in [0.4, 0.5) is 4.39 Å². The number of methoxy groups -OCH3 is 1. The van der Waals surface area contributed by atoms with Crippen molar-refractivity contribution in [1.29, 1.82) is 0 Å². The molecular weight excluding hydrogens is 391 g/mol. The summed E-state index contributed by atoms with van der Waals surface area (Å²) in [5, 5.41) is 16.5. The van der Waals surface area contributed by atoms with Gasteiger partial charge in [0, 0.05) is 22.4 Å². The van der Waals surface area contributed by atoms with Gasteiger partial charge in [-0.15, -0.1) is 0 Å². The van der Waals surface area contributed by atoms with E-state index in [0.29, 0.717) is 5.02 Å². The van der Waals surface area contributed by atoms with Crippen LogP contribution in [0.3, 0.4) is 0 Å². The van der Waals surface area contributed by atoms with Crippen LogP contribution in [0.25, 0.3) is 5.70 Å². The van der Waals surface area contributed by atoms with Gasteiger partial charge in [-0.3, -0.25) is 0 Å². The van der Waals surface area contributed by atoms with Gasteiger partial charge < -0.3 is 20.5 Å². The number of halogens is 2. The lowest BCUT2D eigenvalue weighted by atomic mass is 9.98. The average Bonchev–Trinajstić information content (AvgIpc) is 2.75. The number of aromatic hydroxyl groups is 1. The number of nitrogens with two attached hydrogens (primary N) is 1. The number of quaternary nitrogens is 1. The fraction of sp³-hybridized carbons (Fsp3) is 0.130. The third-order valence-corrected chi connectivity index (χ3v) is 5.27. The first-order valence-corrected chi connectivity index (χ1v) is 9.63. The van der Waals surface area contributed by atoms with Crippen molar-refractivity contribution in [3.8, 4) is 11.5 Å². The molecule has 0 bridgehead atoms. The lowest BCUT2D eigenvalue weighted by Gasteiger charge is -2.30. The van der Waals surface area contributed by atoms with E-state index in [9.17, 15) is 9.50 Å². The summed E-state index contributed by atoms with van der Waals surface area (Å²) in [6, 6.07) is 19.0. The summed E-state index contributed by atoms with van der Waals surface area (Å²) in [5.41, 5.74) is 3.54. The molecule has 0 saturated heterocycles. The minimum absolute atomic E-state index is 0.166. The lowest BCUT2D eigenvalue weighted by molar-refractivity contribution is -0.731. The maximum Gasteiger partial charge on any atom is 0.186 e. The van der Waals surface area contributed by atoms with E-state index in [4.69, 9.17) is 16.3 Å². The molecule has 4 nitrogen and oxygen atoms in total. The number of rotatable bonds is 4. The molecule has 0 saturated carbocycles. The van der Waals surface area contributed by atoms with Crippen molar-refractivity contribution < 1.29 is 19.6 Å². The highest BCUT2D eigenvalue weighted by atomic mass is 35.5. The predicted octanol–water partition coefficient (Wildman–Crippen LogP) is 4.14. The van der Waals surface area contributed by atoms with Crippen LogP contribution < -0.4 is 15.4 Å². The third kappa shape index (κ3) is 4.21. The average molecular weight is 412 g/mol. The van der Waals surface area contributed by atoms with Gasteiger partial charge in [-0.05, 0) is 72.3 Å². The second-order valence-corrected chi connectivity index (χ2v) is 7.34. The van der Waals surface area contributed by atoms with Gasteiger partial charge in [0.2, 0.25) is 0 Å². The topological polar surface area (TPSA) is 58.1 Å². The van der Waals surface area contributed by atoms with Gasteiger partial charge in [-0.2, -0.15) is 0 Å². The summed E-state index contributed by atoms with van der Waals surface area (Å²) in [5.74, 6) is 0.677. The van der Waals surface area contributed by atoms with Gasteiger partial charge in [-0.1, -0.05) is 11.6 Å². The van der Waals surface area contributed by atoms with Crippen LogP contribution in [0, 0.1) is 5.82 Å². The molecule has 0 aliphatic carbocycles. The normalized spacial score (nSPS) is 18.7. The number of benzene rings is 3. The van der Waals surface area contributed by atoms with E-state index in [0.717, 1.165) is 28.1 Å². The van der Waals surface area contributed by atoms with Gasteiger partial charge >= 0.3 is 0 Å². The van der Waals surface area contributed by atoms with Crippen LogP contribution in [0.1, 0.15) is 28.9 Å². The lowest BCUT2D eigenvalue weighted by Crippen LogP contribution is -2.89. The highest BCUT2D eigenvalue weighted by Crippen LogP contribution is 2.31. The van der Waals surface area contributed by atoms with Crippen molar-refractivity contribution >= 4 is 17.3 Å². The van der Waals surface area contributed by atoms with E-state index in [1.165, 1.54) is 12.1 Å². The SMILES string of the molecule is COc1ccc(C2=CC(c3cc(Cl)ccc3O)[NH2+]C(c3ccc(F)cc3)N2)cc1. The molecule has 4 rings (SSSR count). The quantitative estimate of drug-likeness (QED) is 0.604. The molecule has 3 aromatic rings. The summed E-state index contributed by atoms with van der Waals surface area (Å²) in [6.07, 6.45) is 1.88. The Labute approximate surface area is 173 Å². The van der Waals surface area contributed by atoms with Gasteiger partial charge in [0.15, 0.2) is 6.17 Å². The molecule has 6 heteroatoms. The Morgan fingerprint density at radius 1 is 1.03 bits per heavy atom. The molecule has 0 radical (unpaired) electrons. The van der Waals surface area contributed by atoms with Gasteiger partial charge in [0.1, 0.15) is 23.4 Å². The van der Waals surface area contributed by atoms with E-state index >= 15 is 0 Å². The Hall–Kier alpha value is -3.02. The second kappa shape index (κ2) is 8.15. The van der Waals surface area contributed by atoms with Crippen molar-refractivity contribution in [2.75, 3.05) is 7.11 Å². The number of hydrogen-bond acceptors (Lipinski definition) is 3. The first-order valence-electron chi connectivity index (χ1n) is 9.25. The number of phenols is 1. The monoisotopic (exact) mass is 411 g/mol. The largest absolute Gasteiger partial charge is 0.507 e. The molecule has 29 heavy (non-hydrogen) atoms. The molecular formula is C23H21ClFN2O2+. The summed E-state index contributed by atoms with van der Waals surface area (Å²) >= 11 is 6.18. The fourth-order valence-electron chi connectivity index (χ4n) is 3.51. The number of hydrogen-bond donors (Lipinski definition) is 3. The number of nitrogens with one attached hydrogen (secondary N) is 1. The molecule has 1 heterocycles. The van der Waals surface area contributed by atoms with Crippen molar-refractivity contribution in [2.24, 2.45) is 0 Å². The first kappa shape index (κ1) is 19.3. The highest BCUT2D eigenvalue weighted by Gasteiger charge is 2.29. The maximum absolute atomic E-state index is 13.4. The van der Waals surface area contributed by atoms with E-state index in [1.54, 1.807) is 37.4 Å². The van der Waals surface area contributed by atoms with Gasteiger partial charge in [0.25, 0.3) is 0 Å². The standard InChI is InChI=1S/C23H20ClFN2O2/c1-29-18-9-4-14(5-10-18)20-13-21(19-12-16(24)6-11-22(19)28)27-23(26-20)15-2-7-17(25)8-3-15/h2-13,21,23,26-28H,1H3/p+1. The Kier molecular flexibility index (Phi) is 5.43. The van der Waals surface area contributed by atoms with Gasteiger partial charge in [0.05, 0.1) is 12.7 Å². The zero-order valence-corrected chi connectivity index (χ0v) is 16.5. The van der Waals surface area contributed by atoms with Crippen molar-refractivity contribution in [3.05, 3.63) is 100 Å². The summed E-state index contributed by atoms with van der Waals surface area (Å²) in [4.78, 5) is 0. The molecule has 148 valence electrons. The maximum atomic E-state index is 13.4. The molecule has 1 aliphatic rings. The molecule has 0 spiro atoms. The molecule has 4 N–H and O–H groups in total. The van der Waals surface area contributed by atoms with E-state index in [1.807, 2.05) is 30.3 Å². The van der Waals surface area contributed by atoms with Crippen LogP contribution >= 0.6 is 11.6 Å². The van der Waals surface area contributed by atoms with Crippen molar-refractivity contribution in [1.82, 2.24) is 5.32 Å². The predicted molar refractivity (Wildman–Crippen MR) is 111 cm³/mol. The van der Waals surface area contributed by atoms with E-state index in [2.05, 4.69) is 10.6 Å². The van der Waals surface area contributed by atoms with Crippen LogP contribution in [0.5, 0.6) is 11.5 Å². The van der Waals surface area contributed by atoms with Crippen molar-refractivity contribution in [3.63, 3.8) is 0 Å². The molecule has 0 amide bonds. The summed E-state index contributed by atoms with van der Waals surface area (Å²) in [7, 11) is 1.63. The summed E-state index contributed by atoms with van der Waals surface area (Å²) in [6.45, 7) is 0. The number of phenolic OH excluding ortho intramolecular Hbond substituents is 1. The Morgan fingerprint density at radius 2 is 1.76 bits per heavy atom. The van der Waals surface area contributed by atoms with Crippen LogP contribution in [0.2, 0.25) is 5.02 Å². The van der Waals surface area contributed by atoms with Crippen LogP contribution in [-0.4, -0.2) is 12.2 Å². The van der Waals surface area contributed by atoms with E-state index in [-0.39, 0.29) is 23.8 Å². The van der Waals surface area contributed by atoms with Crippen LogP contribution in [0.15, 0.2) is 72.8 Å². The van der Waals surface area contributed by atoms with Gasteiger partial charge in [-0.25, -0.2) is 4.39 Å². The third-order valence-electron chi connectivity index (χ3n) is 5.04. The van der Waals surface area contributed by atoms with E-state index < -0.39 is 0 Å². The van der Waals surface area contributed by atoms with Crippen LogP contribution in [-0.2, 0) is 0 Å². The smallest absolute Gasteiger partial charge is 0.186 e. The highest BCUT2D eigenvalue weighted by molar-refractivity contribution is 6.30. The molecule has 3 aromatic carbocycles. The second-order valence-electron chi connectivity index (χ2n) is 6.90. The molecule has 0 aromatic heterocycles. The Bertz CT molecular complexity index is 1040. The molecule has 1 aliphatic heterocycles. The van der Waals surface area contributed by atoms with Crippen molar-refractivity contribution in [2.45, 2.75) is 12.2 Å². The zero-order chi connectivity index (χ0) is 20.4. The molecule has 2 atom stereocenters. The fourth-order valence-corrected chi connectivity index (χ4v) is 3.69. The Balaban J connectivity index is 1.75.